The molecule has 232 valence electrons. The summed E-state index contributed by atoms with van der Waals surface area (Å²) < 4.78 is 12.4. The van der Waals surface area contributed by atoms with E-state index in [1.807, 2.05) is 12.1 Å². The number of anilines is 2. The minimum atomic E-state index is -2.84. The molecule has 0 aliphatic carbocycles. The number of aromatic nitrogens is 4. The van der Waals surface area contributed by atoms with Crippen molar-refractivity contribution in [1.82, 2.24) is 19.9 Å². The molecule has 2 aromatic heterocycles. The summed E-state index contributed by atoms with van der Waals surface area (Å²) in [7, 11) is -2.84. The van der Waals surface area contributed by atoms with Gasteiger partial charge in [0, 0.05) is 49.3 Å². The molecule has 0 unspecified atom stereocenters. The molecular formula is C32H37N9O3Si. The number of carbonyl (C=O) groups excluding carboxylic acids is 1. The molecule has 0 bridgehead atoms. The lowest BCUT2D eigenvalue weighted by molar-refractivity contribution is 0.0525. The van der Waals surface area contributed by atoms with Gasteiger partial charge in [-0.25, -0.2) is 24.7 Å². The molecular weight excluding hydrogens is 586 g/mol. The molecule has 2 aromatic carbocycles. The van der Waals surface area contributed by atoms with Gasteiger partial charge in [0.05, 0.1) is 30.5 Å². The zero-order chi connectivity index (χ0) is 31.9. The van der Waals surface area contributed by atoms with Crippen LogP contribution in [0.4, 0.5) is 17.6 Å². The van der Waals surface area contributed by atoms with Crippen molar-refractivity contribution in [3.63, 3.8) is 0 Å². The van der Waals surface area contributed by atoms with Gasteiger partial charge in [0.25, 0.3) is 8.32 Å². The number of esters is 1. The highest BCUT2D eigenvalue weighted by molar-refractivity contribution is 6.99. The molecule has 0 radical (unpaired) electrons. The van der Waals surface area contributed by atoms with Gasteiger partial charge in [-0.3, -0.25) is 0 Å². The van der Waals surface area contributed by atoms with Crippen molar-refractivity contribution >= 4 is 42.2 Å². The highest BCUT2D eigenvalue weighted by atomic mass is 28.4. The molecule has 1 saturated heterocycles. The third-order valence-corrected chi connectivity index (χ3v) is 12.9. The van der Waals surface area contributed by atoms with Crippen molar-refractivity contribution in [1.29, 1.82) is 0 Å². The molecule has 4 aromatic rings. The van der Waals surface area contributed by atoms with Gasteiger partial charge in [-0.05, 0) is 27.9 Å². The van der Waals surface area contributed by atoms with Crippen molar-refractivity contribution in [3.8, 4) is 0 Å². The largest absolute Gasteiger partial charge is 0.462 e. The molecule has 0 N–H and O–H groups in total. The van der Waals surface area contributed by atoms with Crippen LogP contribution in [0.25, 0.3) is 10.4 Å². The van der Waals surface area contributed by atoms with E-state index in [0.717, 1.165) is 0 Å². The maximum atomic E-state index is 12.2. The van der Waals surface area contributed by atoms with Gasteiger partial charge in [-0.1, -0.05) is 86.5 Å². The minimum absolute atomic E-state index is 0.181. The number of hydrogen-bond acceptors (Lipinski definition) is 10. The normalized spacial score (nSPS) is 15.3. The molecule has 1 aliphatic heterocycles. The van der Waals surface area contributed by atoms with Crippen LogP contribution in [-0.2, 0) is 9.16 Å². The monoisotopic (exact) mass is 623 g/mol. The van der Waals surface area contributed by atoms with Gasteiger partial charge in [0.15, 0.2) is 0 Å². The molecule has 0 amide bonds. The lowest BCUT2D eigenvalue weighted by Crippen LogP contribution is -2.68. The SMILES string of the molecule is CCOC(=O)c1cnc(N2CCN(c3ncc(N=[N+]=[N-])cn3)[C@H](CO[Si](c3ccccc3)(c3ccccc3)C(C)(C)C)C2)nc1. The Kier molecular flexibility index (Phi) is 9.72. The summed E-state index contributed by atoms with van der Waals surface area (Å²) in [6.45, 7) is 10.9. The highest BCUT2D eigenvalue weighted by Gasteiger charge is 2.50. The molecule has 1 atom stereocenters. The van der Waals surface area contributed by atoms with Gasteiger partial charge < -0.3 is 19.0 Å². The highest BCUT2D eigenvalue weighted by Crippen LogP contribution is 2.37. The first-order valence-electron chi connectivity index (χ1n) is 14.9. The fourth-order valence-electron chi connectivity index (χ4n) is 5.80. The second kappa shape index (κ2) is 13.9. The zero-order valence-corrected chi connectivity index (χ0v) is 26.9. The number of rotatable bonds is 10. The first kappa shape index (κ1) is 31.6. The van der Waals surface area contributed by atoms with E-state index < -0.39 is 14.3 Å². The quantitative estimate of drug-likeness (QED) is 0.0810. The Bertz CT molecular complexity index is 1570. The van der Waals surface area contributed by atoms with Crippen LogP contribution in [0, 0.1) is 0 Å². The van der Waals surface area contributed by atoms with Gasteiger partial charge in [0.2, 0.25) is 11.9 Å². The van der Waals surface area contributed by atoms with Crippen LogP contribution in [0.1, 0.15) is 38.1 Å². The number of benzene rings is 2. The van der Waals surface area contributed by atoms with E-state index in [9.17, 15) is 4.79 Å². The molecule has 0 spiro atoms. The van der Waals surface area contributed by atoms with Crippen LogP contribution in [0.15, 0.2) is 90.6 Å². The number of piperazine rings is 1. The fraction of sp³-hybridized carbons (Fsp3) is 0.344. The van der Waals surface area contributed by atoms with Gasteiger partial charge >= 0.3 is 5.97 Å². The van der Waals surface area contributed by atoms with E-state index in [0.29, 0.717) is 49.4 Å². The van der Waals surface area contributed by atoms with Crippen molar-refractivity contribution in [2.75, 3.05) is 42.6 Å². The number of hydrogen-bond donors (Lipinski definition) is 0. The van der Waals surface area contributed by atoms with Crippen LogP contribution in [0.3, 0.4) is 0 Å². The van der Waals surface area contributed by atoms with Crippen LogP contribution >= 0.6 is 0 Å². The smallest absolute Gasteiger partial charge is 0.341 e. The summed E-state index contributed by atoms with van der Waals surface area (Å²) in [5.74, 6) is 0.575. The van der Waals surface area contributed by atoms with E-state index in [2.05, 4.69) is 109 Å². The maximum Gasteiger partial charge on any atom is 0.341 e. The summed E-state index contributed by atoms with van der Waals surface area (Å²) in [5, 5.41) is 5.80. The van der Waals surface area contributed by atoms with Crippen LogP contribution in [0.5, 0.6) is 0 Å². The first-order chi connectivity index (χ1) is 21.8. The van der Waals surface area contributed by atoms with Crippen molar-refractivity contribution in [2.45, 2.75) is 38.8 Å². The molecule has 1 fully saturated rings. The summed E-state index contributed by atoms with van der Waals surface area (Å²) in [5.41, 5.74) is 9.48. The average molecular weight is 624 g/mol. The van der Waals surface area contributed by atoms with Crippen LogP contribution in [0.2, 0.25) is 5.04 Å². The third kappa shape index (κ3) is 6.80. The molecule has 12 nitrogen and oxygen atoms in total. The summed E-state index contributed by atoms with van der Waals surface area (Å²) in [6, 6.07) is 20.8. The van der Waals surface area contributed by atoms with E-state index in [1.54, 1.807) is 6.92 Å². The number of ether oxygens (including phenoxy) is 1. The lowest BCUT2D eigenvalue weighted by Gasteiger charge is -2.46. The second-order valence-corrected chi connectivity index (χ2v) is 16.0. The van der Waals surface area contributed by atoms with Crippen molar-refractivity contribution in [3.05, 3.63) is 101 Å². The van der Waals surface area contributed by atoms with Gasteiger partial charge in [-0.2, -0.15) is 0 Å². The Hall–Kier alpha value is -4.84. The molecule has 0 saturated carbocycles. The standard InChI is InChI=1S/C32H37N9O3Si/c1-5-43-29(42)24-18-34-30(35-19-24)40-16-17-41(31-36-20-25(21-37-31)38-39-33)26(22-40)23-44-45(32(2,3)4,27-12-8-6-9-13-27)28-14-10-7-11-15-28/h6-15,18-21,26H,5,16-17,22-23H2,1-4H3/t26-/m0/s1. The predicted octanol–water partition coefficient (Wildman–Crippen LogP) is 4.66. The Morgan fingerprint density at radius 1 is 0.933 bits per heavy atom. The minimum Gasteiger partial charge on any atom is -0.462 e. The van der Waals surface area contributed by atoms with Crippen LogP contribution < -0.4 is 20.2 Å². The Morgan fingerprint density at radius 3 is 2.04 bits per heavy atom. The zero-order valence-electron chi connectivity index (χ0n) is 25.9. The predicted molar refractivity (Wildman–Crippen MR) is 176 cm³/mol. The number of carbonyl (C=O) groups is 1. The molecule has 1 aliphatic rings. The Morgan fingerprint density at radius 2 is 1.51 bits per heavy atom. The molecule has 13 heteroatoms. The second-order valence-electron chi connectivity index (χ2n) is 11.7. The van der Waals surface area contributed by atoms with Crippen molar-refractivity contribution < 1.29 is 14.0 Å². The summed E-state index contributed by atoms with van der Waals surface area (Å²) in [6.07, 6.45) is 6.04. The topological polar surface area (TPSA) is 142 Å². The lowest BCUT2D eigenvalue weighted by atomic mass is 10.2. The molecule has 45 heavy (non-hydrogen) atoms. The maximum absolute atomic E-state index is 12.2. The molecule has 5 rings (SSSR count). The van der Waals surface area contributed by atoms with Crippen LogP contribution in [-0.4, -0.2) is 73.1 Å². The summed E-state index contributed by atoms with van der Waals surface area (Å²) >= 11 is 0. The third-order valence-electron chi connectivity index (χ3n) is 7.87. The number of nitrogens with zero attached hydrogens (tertiary/aromatic N) is 9. The Labute approximate surface area is 263 Å². The van der Waals surface area contributed by atoms with E-state index >= 15 is 0 Å². The first-order valence-corrected chi connectivity index (χ1v) is 16.8. The fourth-order valence-corrected chi connectivity index (χ4v) is 10.4. The van der Waals surface area contributed by atoms with Gasteiger partial charge in [-0.15, -0.1) is 0 Å². The number of azide groups is 1. The average Bonchev–Trinajstić information content (AvgIpc) is 3.06. The van der Waals surface area contributed by atoms with Crippen molar-refractivity contribution in [2.24, 2.45) is 5.11 Å². The molecule has 3 heterocycles. The van der Waals surface area contributed by atoms with E-state index in [1.165, 1.54) is 35.2 Å². The van der Waals surface area contributed by atoms with E-state index in [4.69, 9.17) is 14.7 Å². The van der Waals surface area contributed by atoms with Gasteiger partial charge in [0.1, 0.15) is 0 Å². The van der Waals surface area contributed by atoms with E-state index in [-0.39, 0.29) is 17.7 Å². The Balaban J connectivity index is 1.50. The summed E-state index contributed by atoms with van der Waals surface area (Å²) in [4.78, 5) is 37.3.